The molecule has 5 nitrogen and oxygen atoms in total. The second-order valence-corrected chi connectivity index (χ2v) is 6.16. The highest BCUT2D eigenvalue weighted by atomic mass is 32.2. The molecule has 1 fully saturated rings. The molecule has 1 aliphatic heterocycles. The third-order valence-electron chi connectivity index (χ3n) is 3.39. The summed E-state index contributed by atoms with van der Waals surface area (Å²) in [4.78, 5) is 2.19. The molecule has 1 saturated heterocycles. The van der Waals surface area contributed by atoms with E-state index in [1.807, 2.05) is 11.0 Å². The topological polar surface area (TPSA) is 83.6 Å². The quantitative estimate of drug-likeness (QED) is 0.840. The van der Waals surface area contributed by atoms with Crippen LogP contribution in [-0.2, 0) is 10.0 Å². The van der Waals surface area contributed by atoms with Gasteiger partial charge in [-0.05, 0) is 30.9 Å². The molecular weight excluding hydrogens is 252 g/mol. The van der Waals surface area contributed by atoms with Gasteiger partial charge in [0, 0.05) is 19.7 Å². The van der Waals surface area contributed by atoms with E-state index in [1.54, 1.807) is 12.1 Å². The number of anilines is 1. The van der Waals surface area contributed by atoms with Gasteiger partial charge in [-0.1, -0.05) is 12.1 Å². The van der Waals surface area contributed by atoms with E-state index in [-0.39, 0.29) is 11.5 Å². The van der Waals surface area contributed by atoms with Gasteiger partial charge in [-0.2, -0.15) is 0 Å². The molecule has 0 unspecified atom stereocenters. The molecule has 1 heterocycles. The number of rotatable bonds is 3. The maximum atomic E-state index is 11.5. The Morgan fingerprint density at radius 2 is 1.89 bits per heavy atom. The Balaban J connectivity index is 2.25. The van der Waals surface area contributed by atoms with Gasteiger partial charge in [-0.15, -0.1) is 0 Å². The zero-order chi connectivity index (χ0) is 13.2. The molecule has 0 radical (unpaired) electrons. The summed E-state index contributed by atoms with van der Waals surface area (Å²) in [6.45, 7) is 1.69. The van der Waals surface area contributed by atoms with Crippen LogP contribution in [0.15, 0.2) is 29.2 Å². The van der Waals surface area contributed by atoms with Crippen LogP contribution in [0.4, 0.5) is 5.69 Å². The van der Waals surface area contributed by atoms with E-state index < -0.39 is 10.0 Å². The van der Waals surface area contributed by atoms with E-state index in [9.17, 15) is 8.42 Å². The van der Waals surface area contributed by atoms with Gasteiger partial charge in [0.1, 0.15) is 4.90 Å². The number of nitrogens with zero attached hydrogens (tertiary/aromatic N) is 1. The second-order valence-electron chi connectivity index (χ2n) is 4.63. The van der Waals surface area contributed by atoms with Crippen LogP contribution in [0.2, 0.25) is 0 Å². The summed E-state index contributed by atoms with van der Waals surface area (Å²) < 4.78 is 23.1. The summed E-state index contributed by atoms with van der Waals surface area (Å²) in [6.07, 6.45) is 1.74. The molecule has 2 rings (SSSR count). The Bertz CT molecular complexity index is 508. The number of hydrogen-bond acceptors (Lipinski definition) is 4. The number of sulfonamides is 1. The van der Waals surface area contributed by atoms with E-state index in [4.69, 9.17) is 10.2 Å². The number of primary sulfonamides is 1. The van der Waals surface area contributed by atoms with Crippen molar-refractivity contribution < 1.29 is 13.5 Å². The highest BCUT2D eigenvalue weighted by Crippen LogP contribution is 2.28. The minimum Gasteiger partial charge on any atom is -0.396 e. The van der Waals surface area contributed by atoms with Gasteiger partial charge < -0.3 is 10.0 Å². The summed E-state index contributed by atoms with van der Waals surface area (Å²) in [6, 6.07) is 6.79. The molecular formula is C12H18N2O3S. The van der Waals surface area contributed by atoms with Crippen molar-refractivity contribution in [3.63, 3.8) is 0 Å². The number of hydrogen-bond donors (Lipinski definition) is 2. The predicted molar refractivity (Wildman–Crippen MR) is 69.8 cm³/mol. The van der Waals surface area contributed by atoms with E-state index >= 15 is 0 Å². The SMILES string of the molecule is NS(=O)(=O)c1ccccc1N1CCC(CO)CC1. The van der Waals surface area contributed by atoms with Crippen molar-refractivity contribution in [2.75, 3.05) is 24.6 Å². The van der Waals surface area contributed by atoms with Gasteiger partial charge in [0.05, 0.1) is 5.69 Å². The maximum Gasteiger partial charge on any atom is 0.240 e. The number of benzene rings is 1. The van der Waals surface area contributed by atoms with Crippen LogP contribution in [0.3, 0.4) is 0 Å². The molecule has 6 heteroatoms. The Kier molecular flexibility index (Phi) is 3.89. The molecule has 18 heavy (non-hydrogen) atoms. The van der Waals surface area contributed by atoms with Crippen LogP contribution in [0.1, 0.15) is 12.8 Å². The van der Waals surface area contributed by atoms with Crippen molar-refractivity contribution in [3.05, 3.63) is 24.3 Å². The van der Waals surface area contributed by atoms with E-state index in [2.05, 4.69) is 0 Å². The van der Waals surface area contributed by atoms with E-state index in [0.29, 0.717) is 11.6 Å². The average Bonchev–Trinajstić information content (AvgIpc) is 2.38. The smallest absolute Gasteiger partial charge is 0.240 e. The average molecular weight is 270 g/mol. The normalized spacial score (nSPS) is 18.0. The molecule has 0 aliphatic carbocycles. The summed E-state index contributed by atoms with van der Waals surface area (Å²) >= 11 is 0. The first-order valence-corrected chi connectivity index (χ1v) is 7.54. The first kappa shape index (κ1) is 13.3. The number of aliphatic hydroxyl groups is 1. The molecule has 0 bridgehead atoms. The molecule has 3 N–H and O–H groups in total. The lowest BCUT2D eigenvalue weighted by Gasteiger charge is -2.33. The van der Waals surface area contributed by atoms with Crippen molar-refractivity contribution in [2.45, 2.75) is 17.7 Å². The minimum absolute atomic E-state index is 0.174. The number of aliphatic hydroxyl groups excluding tert-OH is 1. The van der Waals surface area contributed by atoms with Gasteiger partial charge >= 0.3 is 0 Å². The van der Waals surface area contributed by atoms with Crippen molar-refractivity contribution in [1.82, 2.24) is 0 Å². The van der Waals surface area contributed by atoms with Gasteiger partial charge in [-0.25, -0.2) is 13.6 Å². The molecule has 0 saturated carbocycles. The molecule has 100 valence electrons. The van der Waals surface area contributed by atoms with Gasteiger partial charge in [-0.3, -0.25) is 0 Å². The van der Waals surface area contributed by atoms with Crippen molar-refractivity contribution in [2.24, 2.45) is 11.1 Å². The fraction of sp³-hybridized carbons (Fsp3) is 0.500. The Hall–Kier alpha value is -1.11. The maximum absolute atomic E-state index is 11.5. The first-order chi connectivity index (χ1) is 8.52. The van der Waals surface area contributed by atoms with Gasteiger partial charge in [0.15, 0.2) is 0 Å². The standard InChI is InChI=1S/C12H18N2O3S/c13-18(16,17)12-4-2-1-3-11(12)14-7-5-10(9-15)6-8-14/h1-4,10,15H,5-9H2,(H2,13,16,17). The van der Waals surface area contributed by atoms with E-state index in [0.717, 1.165) is 25.9 Å². The Morgan fingerprint density at radius 3 is 2.44 bits per heavy atom. The van der Waals surface area contributed by atoms with Crippen molar-refractivity contribution in [3.8, 4) is 0 Å². The summed E-state index contributed by atoms with van der Waals surface area (Å²) in [5.41, 5.74) is 0.663. The van der Waals surface area contributed by atoms with Crippen LogP contribution in [0, 0.1) is 5.92 Å². The van der Waals surface area contributed by atoms with Crippen molar-refractivity contribution in [1.29, 1.82) is 0 Å². The molecule has 0 atom stereocenters. The number of nitrogens with two attached hydrogens (primary N) is 1. The molecule has 1 aromatic carbocycles. The van der Waals surface area contributed by atoms with Gasteiger partial charge in [0.25, 0.3) is 0 Å². The lowest BCUT2D eigenvalue weighted by molar-refractivity contribution is 0.203. The first-order valence-electron chi connectivity index (χ1n) is 6.00. The lowest BCUT2D eigenvalue weighted by atomic mass is 9.97. The fourth-order valence-corrected chi connectivity index (χ4v) is 3.07. The second kappa shape index (κ2) is 5.26. The Morgan fingerprint density at radius 1 is 1.28 bits per heavy atom. The molecule has 0 spiro atoms. The highest BCUT2D eigenvalue weighted by Gasteiger charge is 2.23. The van der Waals surface area contributed by atoms with E-state index in [1.165, 1.54) is 6.07 Å². The third kappa shape index (κ3) is 2.82. The summed E-state index contributed by atoms with van der Waals surface area (Å²) in [5.74, 6) is 0.322. The Labute approximate surface area is 107 Å². The van der Waals surface area contributed by atoms with Crippen LogP contribution in [-0.4, -0.2) is 33.2 Å². The van der Waals surface area contributed by atoms with Crippen LogP contribution >= 0.6 is 0 Å². The lowest BCUT2D eigenvalue weighted by Crippen LogP contribution is -2.35. The largest absolute Gasteiger partial charge is 0.396 e. The molecule has 1 aliphatic rings. The molecule has 0 amide bonds. The third-order valence-corrected chi connectivity index (χ3v) is 4.34. The zero-order valence-corrected chi connectivity index (χ0v) is 10.9. The predicted octanol–water partition coefficient (Wildman–Crippen LogP) is 0.543. The van der Waals surface area contributed by atoms with Crippen LogP contribution in [0.5, 0.6) is 0 Å². The minimum atomic E-state index is -3.69. The molecule has 0 aromatic heterocycles. The highest BCUT2D eigenvalue weighted by molar-refractivity contribution is 7.89. The van der Waals surface area contributed by atoms with Crippen LogP contribution < -0.4 is 10.0 Å². The zero-order valence-electron chi connectivity index (χ0n) is 10.1. The molecule has 1 aromatic rings. The fourth-order valence-electron chi connectivity index (χ4n) is 2.32. The van der Waals surface area contributed by atoms with Crippen molar-refractivity contribution >= 4 is 15.7 Å². The summed E-state index contributed by atoms with van der Waals surface area (Å²) in [7, 11) is -3.69. The monoisotopic (exact) mass is 270 g/mol. The van der Waals surface area contributed by atoms with Gasteiger partial charge in [0.2, 0.25) is 10.0 Å². The van der Waals surface area contributed by atoms with Crippen LogP contribution in [0.25, 0.3) is 0 Å². The summed E-state index contributed by atoms with van der Waals surface area (Å²) in [5, 5.41) is 14.3. The number of piperidine rings is 1. The number of para-hydroxylation sites is 1.